The average molecular weight is 663 g/mol. The molecule has 3 heteroatoms. The van der Waals surface area contributed by atoms with Gasteiger partial charge in [-0.25, -0.2) is 9.97 Å². The molecule has 2 aliphatic carbocycles. The predicted molar refractivity (Wildman–Crippen MR) is 210 cm³/mol. The predicted octanol–water partition coefficient (Wildman–Crippen LogP) is 12.2. The van der Waals surface area contributed by atoms with Gasteiger partial charge in [-0.15, -0.1) is 0 Å². The minimum absolute atomic E-state index is 0.586. The van der Waals surface area contributed by atoms with E-state index >= 15 is 0 Å². The molecule has 9 aromatic rings. The molecule has 0 saturated heterocycles. The van der Waals surface area contributed by atoms with E-state index in [1.54, 1.807) is 0 Å². The van der Waals surface area contributed by atoms with Crippen molar-refractivity contribution in [1.82, 2.24) is 9.97 Å². The number of fused-ring (bicyclic) bond motifs is 12. The quantitative estimate of drug-likeness (QED) is 0.188. The highest BCUT2D eigenvalue weighted by molar-refractivity contribution is 6.05. The largest absolute Gasteiger partial charge is 0.459 e. The first kappa shape index (κ1) is 28.9. The van der Waals surface area contributed by atoms with E-state index in [0.29, 0.717) is 5.82 Å². The second-order valence-corrected chi connectivity index (χ2v) is 13.6. The summed E-state index contributed by atoms with van der Waals surface area (Å²) in [6.07, 6.45) is 0. The third-order valence-electron chi connectivity index (χ3n) is 10.9. The smallest absolute Gasteiger partial charge is 0.160 e. The highest BCUT2D eigenvalue weighted by Crippen LogP contribution is 2.64. The Labute approximate surface area is 301 Å². The van der Waals surface area contributed by atoms with Crippen LogP contribution < -0.4 is 0 Å². The minimum Gasteiger partial charge on any atom is -0.459 e. The fraction of sp³-hybridized carbons (Fsp3) is 0.0204. The fourth-order valence-corrected chi connectivity index (χ4v) is 8.73. The number of hydrogen-bond acceptors (Lipinski definition) is 3. The topological polar surface area (TPSA) is 38.9 Å². The summed E-state index contributed by atoms with van der Waals surface area (Å²) in [5.74, 6) is 1.71. The lowest BCUT2D eigenvalue weighted by molar-refractivity contribution is 0.507. The molecular weight excluding hydrogens is 633 g/mol. The molecule has 3 nitrogen and oxygen atoms in total. The maximum Gasteiger partial charge on any atom is 0.160 e. The Balaban J connectivity index is 1.16. The van der Waals surface area contributed by atoms with E-state index < -0.39 is 5.41 Å². The summed E-state index contributed by atoms with van der Waals surface area (Å²) in [6, 6.07) is 64.5. The van der Waals surface area contributed by atoms with Crippen LogP contribution in [0.4, 0.5) is 0 Å². The van der Waals surface area contributed by atoms with E-state index in [-0.39, 0.29) is 0 Å². The summed E-state index contributed by atoms with van der Waals surface area (Å²) < 4.78 is 6.98. The number of hydrogen-bond donors (Lipinski definition) is 0. The first-order valence-electron chi connectivity index (χ1n) is 17.7. The van der Waals surface area contributed by atoms with Crippen LogP contribution in [-0.2, 0) is 5.41 Å². The molecule has 0 saturated carbocycles. The first-order valence-corrected chi connectivity index (χ1v) is 17.7. The summed E-state index contributed by atoms with van der Waals surface area (Å²) in [4.78, 5) is 10.3. The van der Waals surface area contributed by atoms with E-state index in [2.05, 4.69) is 158 Å². The van der Waals surface area contributed by atoms with E-state index in [1.165, 1.54) is 38.9 Å². The Bertz CT molecular complexity index is 2800. The summed E-state index contributed by atoms with van der Waals surface area (Å²) in [5, 5.41) is 1.15. The number of rotatable bonds is 4. The van der Waals surface area contributed by atoms with Crippen molar-refractivity contribution in [1.29, 1.82) is 0 Å². The summed E-state index contributed by atoms with van der Waals surface area (Å²) in [6.45, 7) is 0. The van der Waals surface area contributed by atoms with Crippen molar-refractivity contribution in [2.45, 2.75) is 5.41 Å². The third-order valence-corrected chi connectivity index (χ3v) is 10.9. The molecule has 1 unspecified atom stereocenters. The van der Waals surface area contributed by atoms with Gasteiger partial charge >= 0.3 is 0 Å². The van der Waals surface area contributed by atoms with Gasteiger partial charge in [0.2, 0.25) is 0 Å². The zero-order chi connectivity index (χ0) is 34.2. The molecule has 1 atom stereocenters. The molecule has 7 aromatic carbocycles. The molecule has 2 heterocycles. The number of para-hydroxylation sites is 1. The van der Waals surface area contributed by atoms with Crippen LogP contribution in [0.5, 0.6) is 0 Å². The number of benzene rings is 7. The van der Waals surface area contributed by atoms with E-state index in [9.17, 15) is 0 Å². The number of furan rings is 1. The van der Waals surface area contributed by atoms with Gasteiger partial charge < -0.3 is 4.42 Å². The van der Waals surface area contributed by atoms with E-state index in [1.807, 2.05) is 24.3 Å². The molecule has 0 amide bonds. The Hall–Kier alpha value is -6.84. The van der Waals surface area contributed by atoms with Gasteiger partial charge in [0.25, 0.3) is 0 Å². The summed E-state index contributed by atoms with van der Waals surface area (Å²) in [5.41, 5.74) is 16.1. The normalized spacial score (nSPS) is 15.0. The van der Waals surface area contributed by atoms with Gasteiger partial charge in [-0.3, -0.25) is 0 Å². The summed E-state index contributed by atoms with van der Waals surface area (Å²) >= 11 is 0. The minimum atomic E-state index is -0.586. The molecule has 0 fully saturated rings. The maximum absolute atomic E-state index is 6.98. The van der Waals surface area contributed by atoms with Crippen LogP contribution in [0, 0.1) is 0 Å². The lowest BCUT2D eigenvalue weighted by Crippen LogP contribution is -2.25. The molecule has 1 spiro atoms. The van der Waals surface area contributed by atoms with Crippen molar-refractivity contribution in [3.8, 4) is 67.3 Å². The van der Waals surface area contributed by atoms with Gasteiger partial charge in [-0.1, -0.05) is 164 Å². The molecule has 0 bridgehead atoms. The van der Waals surface area contributed by atoms with Crippen molar-refractivity contribution < 1.29 is 4.42 Å². The fourth-order valence-electron chi connectivity index (χ4n) is 8.73. The Morgan fingerprint density at radius 1 is 0.385 bits per heavy atom. The zero-order valence-corrected chi connectivity index (χ0v) is 28.1. The lowest BCUT2D eigenvalue weighted by Gasteiger charge is -2.28. The molecule has 0 N–H and O–H groups in total. The average Bonchev–Trinajstić information content (AvgIpc) is 3.85. The van der Waals surface area contributed by atoms with Crippen LogP contribution in [0.1, 0.15) is 22.5 Å². The Morgan fingerprint density at radius 3 is 1.75 bits per heavy atom. The molecule has 2 aromatic heterocycles. The molecule has 52 heavy (non-hydrogen) atoms. The lowest BCUT2D eigenvalue weighted by atomic mass is 9.72. The SMILES string of the molecule is c1ccc(-c2cc(-c3ccccc3-c3ccc4c(c3)C3(c5ccccc5-4)c4ccccc4-c4c3oc3ccccc43)nc(-c3ccccc3)n2)cc1. The highest BCUT2D eigenvalue weighted by atomic mass is 16.3. The van der Waals surface area contributed by atoms with Crippen molar-refractivity contribution in [2.24, 2.45) is 0 Å². The monoisotopic (exact) mass is 662 g/mol. The van der Waals surface area contributed by atoms with Crippen LogP contribution in [0.25, 0.3) is 78.3 Å². The van der Waals surface area contributed by atoms with Crippen LogP contribution in [0.3, 0.4) is 0 Å². The van der Waals surface area contributed by atoms with Crippen LogP contribution in [-0.4, -0.2) is 9.97 Å². The Kier molecular flexibility index (Phi) is 6.17. The van der Waals surface area contributed by atoms with Crippen LogP contribution in [0.15, 0.2) is 186 Å². The molecule has 0 aliphatic heterocycles. The standard InChI is InChI=1S/C49H30N2O/c1-3-15-31(16-4-1)43-30-44(51-48(50-43)32-17-5-2-6-18-32)37-21-8-7-19-34(37)33-27-28-36-35-20-9-12-24-40(35)49(42(36)29-33)41-25-13-10-22-38(41)46-39-23-11-14-26-45(39)52-47(46)49/h1-30H. The molecule has 2 aliphatic rings. The van der Waals surface area contributed by atoms with Gasteiger partial charge in [0.1, 0.15) is 16.8 Å². The Morgan fingerprint density at radius 2 is 0.962 bits per heavy atom. The van der Waals surface area contributed by atoms with E-state index in [0.717, 1.165) is 55.9 Å². The van der Waals surface area contributed by atoms with Gasteiger partial charge in [0.15, 0.2) is 5.82 Å². The molecule has 0 radical (unpaired) electrons. The van der Waals surface area contributed by atoms with Crippen molar-refractivity contribution in [3.63, 3.8) is 0 Å². The highest BCUT2D eigenvalue weighted by Gasteiger charge is 2.55. The first-order chi connectivity index (χ1) is 25.8. The molecular formula is C49H30N2O. The van der Waals surface area contributed by atoms with E-state index in [4.69, 9.17) is 14.4 Å². The molecule has 242 valence electrons. The van der Waals surface area contributed by atoms with Crippen LogP contribution >= 0.6 is 0 Å². The van der Waals surface area contributed by atoms with Gasteiger partial charge in [0.05, 0.1) is 11.4 Å². The summed E-state index contributed by atoms with van der Waals surface area (Å²) in [7, 11) is 0. The maximum atomic E-state index is 6.98. The number of nitrogens with zero attached hydrogens (tertiary/aromatic N) is 2. The third kappa shape index (κ3) is 4.02. The second-order valence-electron chi connectivity index (χ2n) is 13.6. The van der Waals surface area contributed by atoms with Crippen molar-refractivity contribution in [2.75, 3.05) is 0 Å². The second kappa shape index (κ2) is 11.1. The van der Waals surface area contributed by atoms with Crippen LogP contribution in [0.2, 0.25) is 0 Å². The van der Waals surface area contributed by atoms with Gasteiger partial charge in [0, 0.05) is 27.6 Å². The van der Waals surface area contributed by atoms with Gasteiger partial charge in [-0.2, -0.15) is 0 Å². The zero-order valence-electron chi connectivity index (χ0n) is 28.1. The van der Waals surface area contributed by atoms with Crippen molar-refractivity contribution in [3.05, 3.63) is 204 Å². The molecule has 11 rings (SSSR count). The van der Waals surface area contributed by atoms with Gasteiger partial charge in [-0.05, 0) is 62.7 Å². The van der Waals surface area contributed by atoms with Crippen molar-refractivity contribution >= 4 is 11.0 Å². The number of aromatic nitrogens is 2.